The summed E-state index contributed by atoms with van der Waals surface area (Å²) in [5.41, 5.74) is 1.14. The predicted molar refractivity (Wildman–Crippen MR) is 118 cm³/mol. The van der Waals surface area contributed by atoms with Gasteiger partial charge in [-0.3, -0.25) is 4.79 Å². The van der Waals surface area contributed by atoms with Crippen molar-refractivity contribution >= 4 is 50.9 Å². The molecule has 0 radical (unpaired) electrons. The van der Waals surface area contributed by atoms with Gasteiger partial charge in [-0.05, 0) is 30.2 Å². The molecule has 1 atom stereocenters. The number of rotatable bonds is 4. The number of sulfonamides is 1. The number of hydrogen-bond donors (Lipinski definition) is 1. The van der Waals surface area contributed by atoms with E-state index in [9.17, 15) is 13.2 Å². The number of carbonyl (C=O) groups is 1. The van der Waals surface area contributed by atoms with E-state index >= 15 is 0 Å². The number of thioether (sulfide) groups is 1. The zero-order valence-corrected chi connectivity index (χ0v) is 19.1. The summed E-state index contributed by atoms with van der Waals surface area (Å²) in [4.78, 5) is 14.0. The van der Waals surface area contributed by atoms with Crippen molar-refractivity contribution in [3.05, 3.63) is 57.6 Å². The van der Waals surface area contributed by atoms with Gasteiger partial charge in [-0.1, -0.05) is 41.4 Å². The first kappa shape index (κ1) is 21.9. The van der Waals surface area contributed by atoms with Crippen molar-refractivity contribution in [1.82, 2.24) is 9.62 Å². The highest BCUT2D eigenvalue weighted by Gasteiger charge is 2.31. The van der Waals surface area contributed by atoms with Gasteiger partial charge in [0.25, 0.3) is 5.91 Å². The Balaban J connectivity index is 1.63. The second-order valence-electron chi connectivity index (χ2n) is 6.98. The summed E-state index contributed by atoms with van der Waals surface area (Å²) in [5, 5.41) is 3.10. The fourth-order valence-electron chi connectivity index (χ4n) is 3.55. The molecule has 10 heteroatoms. The Morgan fingerprint density at radius 3 is 2.63 bits per heavy atom. The van der Waals surface area contributed by atoms with Crippen LogP contribution in [0.3, 0.4) is 0 Å². The molecular formula is C20H20Cl2N2O4S2. The van der Waals surface area contributed by atoms with Crippen molar-refractivity contribution in [2.45, 2.75) is 22.3 Å². The molecule has 160 valence electrons. The normalized spacial score (nSPS) is 19.9. The number of fused-ring (bicyclic) bond motifs is 1. The first-order valence-corrected chi connectivity index (χ1v) is 12.7. The second-order valence-corrected chi connectivity index (χ2v) is 10.8. The molecule has 0 aliphatic carbocycles. The largest absolute Gasteiger partial charge is 0.379 e. The Hall–Kier alpha value is -1.29. The van der Waals surface area contributed by atoms with Gasteiger partial charge >= 0.3 is 0 Å². The van der Waals surface area contributed by atoms with Gasteiger partial charge in [0.1, 0.15) is 4.90 Å². The lowest BCUT2D eigenvalue weighted by molar-refractivity contribution is 0.0730. The third-order valence-corrected chi connectivity index (χ3v) is 8.92. The quantitative estimate of drug-likeness (QED) is 0.706. The summed E-state index contributed by atoms with van der Waals surface area (Å²) in [5.74, 6) is 0.453. The van der Waals surface area contributed by atoms with Gasteiger partial charge in [0.2, 0.25) is 10.0 Å². The van der Waals surface area contributed by atoms with Crippen LogP contribution < -0.4 is 5.32 Å². The number of carbonyl (C=O) groups excluding carboxylic acids is 1. The second kappa shape index (κ2) is 9.06. The van der Waals surface area contributed by atoms with Gasteiger partial charge in [0.05, 0.1) is 34.9 Å². The molecule has 6 nitrogen and oxygen atoms in total. The SMILES string of the molecule is O=C(NC1CCSc2ccccc21)c1cc(S(=O)(=O)N2CCOCC2)c(Cl)cc1Cl. The summed E-state index contributed by atoms with van der Waals surface area (Å²) in [7, 11) is -3.87. The number of hydrogen-bond acceptors (Lipinski definition) is 5. The van der Waals surface area contributed by atoms with Crippen molar-refractivity contribution < 1.29 is 17.9 Å². The van der Waals surface area contributed by atoms with Gasteiger partial charge in [0, 0.05) is 23.7 Å². The molecule has 0 spiro atoms. The maximum absolute atomic E-state index is 13.1. The lowest BCUT2D eigenvalue weighted by Crippen LogP contribution is -2.40. The number of nitrogens with zero attached hydrogens (tertiary/aromatic N) is 1. The summed E-state index contributed by atoms with van der Waals surface area (Å²) >= 11 is 14.2. The van der Waals surface area contributed by atoms with Crippen molar-refractivity contribution in [2.24, 2.45) is 0 Å². The average Bonchev–Trinajstić information content (AvgIpc) is 2.74. The number of morpholine rings is 1. The molecule has 2 aliphatic rings. The number of amides is 1. The monoisotopic (exact) mass is 486 g/mol. The molecular weight excluding hydrogens is 467 g/mol. The van der Waals surface area contributed by atoms with E-state index in [2.05, 4.69) is 5.32 Å². The number of halogens is 2. The number of nitrogens with one attached hydrogen (secondary N) is 1. The zero-order valence-electron chi connectivity index (χ0n) is 15.9. The highest BCUT2D eigenvalue weighted by Crippen LogP contribution is 2.37. The Morgan fingerprint density at radius 1 is 1.13 bits per heavy atom. The third kappa shape index (κ3) is 4.35. The Bertz CT molecular complexity index is 1070. The summed E-state index contributed by atoms with van der Waals surface area (Å²) in [6, 6.07) is 10.3. The molecule has 2 aromatic rings. The topological polar surface area (TPSA) is 75.7 Å². The predicted octanol–water partition coefficient (Wildman–Crippen LogP) is 3.98. The highest BCUT2D eigenvalue weighted by molar-refractivity contribution is 7.99. The highest BCUT2D eigenvalue weighted by atomic mass is 35.5. The fraction of sp³-hybridized carbons (Fsp3) is 0.350. The van der Waals surface area contributed by atoms with Gasteiger partial charge in [-0.2, -0.15) is 4.31 Å². The molecule has 0 bridgehead atoms. The smallest absolute Gasteiger partial charge is 0.253 e. The van der Waals surface area contributed by atoms with Gasteiger partial charge in [-0.15, -0.1) is 11.8 Å². The average molecular weight is 487 g/mol. The molecule has 1 amide bonds. The van der Waals surface area contributed by atoms with E-state index in [1.54, 1.807) is 11.8 Å². The fourth-order valence-corrected chi connectivity index (χ4v) is 6.92. The van der Waals surface area contributed by atoms with Crippen molar-refractivity contribution in [1.29, 1.82) is 0 Å². The summed E-state index contributed by atoms with van der Waals surface area (Å²) in [6.07, 6.45) is 0.775. The van der Waals surface area contributed by atoms with Gasteiger partial charge < -0.3 is 10.1 Å². The number of benzene rings is 2. The molecule has 0 aromatic heterocycles. The Morgan fingerprint density at radius 2 is 1.87 bits per heavy atom. The molecule has 1 fully saturated rings. The first-order valence-electron chi connectivity index (χ1n) is 9.47. The molecule has 2 aliphatic heterocycles. The maximum atomic E-state index is 13.1. The molecule has 4 rings (SSSR count). The Kier molecular flexibility index (Phi) is 6.62. The molecule has 30 heavy (non-hydrogen) atoms. The number of ether oxygens (including phenoxy) is 1. The van der Waals surface area contributed by atoms with Crippen LogP contribution in [-0.2, 0) is 14.8 Å². The van der Waals surface area contributed by atoms with Crippen LogP contribution >= 0.6 is 35.0 Å². The van der Waals surface area contributed by atoms with E-state index in [-0.39, 0.29) is 39.6 Å². The standard InChI is InChI=1S/C20H20Cl2N2O4S2/c21-15-12-16(22)19(30(26,27)24-6-8-28-9-7-24)11-14(15)20(25)23-17-5-10-29-18-4-2-1-3-13(17)18/h1-4,11-12,17H,5-10H2,(H,23,25). The van der Waals surface area contributed by atoms with E-state index in [4.69, 9.17) is 27.9 Å². The lowest BCUT2D eigenvalue weighted by atomic mass is 10.0. The van der Waals surface area contributed by atoms with E-state index in [1.165, 1.54) is 16.4 Å². The van der Waals surface area contributed by atoms with Crippen molar-refractivity contribution in [2.75, 3.05) is 32.1 Å². The van der Waals surface area contributed by atoms with Crippen LogP contribution in [0.15, 0.2) is 46.2 Å². The minimum atomic E-state index is -3.87. The zero-order chi connectivity index (χ0) is 21.3. The molecule has 2 heterocycles. The molecule has 1 N–H and O–H groups in total. The van der Waals surface area contributed by atoms with E-state index in [0.29, 0.717) is 13.2 Å². The van der Waals surface area contributed by atoms with Crippen LogP contribution in [0.2, 0.25) is 10.0 Å². The molecule has 2 aromatic carbocycles. The van der Waals surface area contributed by atoms with Crippen molar-refractivity contribution in [3.63, 3.8) is 0 Å². The van der Waals surface area contributed by atoms with Crippen LogP contribution in [0.5, 0.6) is 0 Å². The Labute approximate surface area is 189 Å². The van der Waals surface area contributed by atoms with Crippen LogP contribution in [0, 0.1) is 0 Å². The van der Waals surface area contributed by atoms with E-state index < -0.39 is 15.9 Å². The van der Waals surface area contributed by atoms with Crippen LogP contribution in [-0.4, -0.2) is 50.7 Å². The molecule has 1 unspecified atom stereocenters. The van der Waals surface area contributed by atoms with Crippen LogP contribution in [0.1, 0.15) is 28.4 Å². The van der Waals surface area contributed by atoms with Crippen molar-refractivity contribution in [3.8, 4) is 0 Å². The summed E-state index contributed by atoms with van der Waals surface area (Å²) < 4.78 is 32.6. The lowest BCUT2D eigenvalue weighted by Gasteiger charge is -2.27. The molecule has 0 saturated carbocycles. The third-order valence-electron chi connectivity index (χ3n) is 5.12. The molecule has 1 saturated heterocycles. The van der Waals surface area contributed by atoms with Crippen LogP contribution in [0.4, 0.5) is 0 Å². The van der Waals surface area contributed by atoms with E-state index in [0.717, 1.165) is 22.6 Å². The summed E-state index contributed by atoms with van der Waals surface area (Å²) in [6.45, 7) is 1.10. The first-order chi connectivity index (χ1) is 14.4. The minimum absolute atomic E-state index is 0.0116. The van der Waals surface area contributed by atoms with Gasteiger partial charge in [-0.25, -0.2) is 8.42 Å². The minimum Gasteiger partial charge on any atom is -0.379 e. The van der Waals surface area contributed by atoms with Crippen LogP contribution in [0.25, 0.3) is 0 Å². The van der Waals surface area contributed by atoms with E-state index in [1.807, 2.05) is 24.3 Å². The van der Waals surface area contributed by atoms with Gasteiger partial charge in [0.15, 0.2) is 0 Å². The maximum Gasteiger partial charge on any atom is 0.253 e.